The summed E-state index contributed by atoms with van der Waals surface area (Å²) in [6.45, 7) is 2.11. The molecule has 3 heterocycles. The molecular formula is C21H22N2O4S. The van der Waals surface area contributed by atoms with Crippen molar-refractivity contribution in [3.05, 3.63) is 28.6 Å². The van der Waals surface area contributed by atoms with Gasteiger partial charge in [-0.2, -0.15) is 0 Å². The zero-order valence-corrected chi connectivity index (χ0v) is 16.4. The van der Waals surface area contributed by atoms with E-state index in [1.54, 1.807) is 11.3 Å². The third kappa shape index (κ3) is 2.49. The predicted octanol–water partition coefficient (Wildman–Crippen LogP) is 3.63. The van der Waals surface area contributed by atoms with Crippen LogP contribution in [0.1, 0.15) is 36.8 Å². The van der Waals surface area contributed by atoms with Crippen molar-refractivity contribution < 1.29 is 19.0 Å². The molecule has 1 aromatic heterocycles. The molecular weight excluding hydrogens is 376 g/mol. The summed E-state index contributed by atoms with van der Waals surface area (Å²) in [6, 6.07) is 5.85. The lowest BCUT2D eigenvalue weighted by Gasteiger charge is -2.43. The number of fused-ring (bicyclic) bond motifs is 2. The molecule has 0 radical (unpaired) electrons. The quantitative estimate of drug-likeness (QED) is 0.790. The number of nitrogens with zero attached hydrogens (tertiary/aromatic N) is 2. The molecule has 1 amide bonds. The summed E-state index contributed by atoms with van der Waals surface area (Å²) < 4.78 is 17.1. The Labute approximate surface area is 167 Å². The molecule has 28 heavy (non-hydrogen) atoms. The molecule has 7 rings (SSSR count). The van der Waals surface area contributed by atoms with E-state index in [4.69, 9.17) is 19.2 Å². The lowest BCUT2D eigenvalue weighted by molar-refractivity contribution is -0.154. The molecule has 0 spiro atoms. The molecule has 3 aliphatic carbocycles. The second-order valence-electron chi connectivity index (χ2n) is 8.31. The van der Waals surface area contributed by atoms with Gasteiger partial charge in [0.15, 0.2) is 11.5 Å². The highest BCUT2D eigenvalue weighted by Gasteiger charge is 2.56. The van der Waals surface area contributed by atoms with E-state index in [0.29, 0.717) is 25.6 Å². The highest BCUT2D eigenvalue weighted by molar-refractivity contribution is 7.10. The summed E-state index contributed by atoms with van der Waals surface area (Å²) in [5.74, 6) is 2.65. The second kappa shape index (κ2) is 6.19. The van der Waals surface area contributed by atoms with Gasteiger partial charge in [-0.25, -0.2) is 4.98 Å². The summed E-state index contributed by atoms with van der Waals surface area (Å²) in [5.41, 5.74) is 1.75. The van der Waals surface area contributed by atoms with Crippen molar-refractivity contribution in [3.63, 3.8) is 0 Å². The number of rotatable bonds is 3. The van der Waals surface area contributed by atoms with Crippen LogP contribution >= 0.6 is 11.3 Å². The Hall–Kier alpha value is -2.12. The van der Waals surface area contributed by atoms with E-state index in [1.807, 2.05) is 28.5 Å². The summed E-state index contributed by atoms with van der Waals surface area (Å²) in [6.07, 6.45) is 4.33. The van der Waals surface area contributed by atoms with Crippen molar-refractivity contribution in [2.24, 2.45) is 11.3 Å². The number of para-hydroxylation sites is 1. The number of thiazole rings is 1. The number of benzene rings is 1. The van der Waals surface area contributed by atoms with E-state index in [0.717, 1.165) is 52.9 Å². The number of ether oxygens (including phenoxy) is 3. The van der Waals surface area contributed by atoms with Crippen LogP contribution in [0.15, 0.2) is 23.6 Å². The molecule has 7 heteroatoms. The van der Waals surface area contributed by atoms with E-state index in [9.17, 15) is 4.79 Å². The van der Waals surface area contributed by atoms with Crippen molar-refractivity contribution in [1.82, 2.24) is 9.88 Å². The SMILES string of the molecule is O=C(N1CCOC(c2nc(-c3cccc4c3OCO4)cs2)C1)C12CCC(C1)C2. The van der Waals surface area contributed by atoms with Gasteiger partial charge in [-0.15, -0.1) is 11.3 Å². The number of amides is 1. The number of carbonyl (C=O) groups is 1. The van der Waals surface area contributed by atoms with Gasteiger partial charge in [0.2, 0.25) is 12.7 Å². The van der Waals surface area contributed by atoms with Gasteiger partial charge in [-0.05, 0) is 43.7 Å². The molecule has 146 valence electrons. The summed E-state index contributed by atoms with van der Waals surface area (Å²) in [5, 5.41) is 2.95. The maximum Gasteiger partial charge on any atom is 0.231 e. The van der Waals surface area contributed by atoms with E-state index in [1.165, 1.54) is 6.42 Å². The monoisotopic (exact) mass is 398 g/mol. The van der Waals surface area contributed by atoms with Crippen LogP contribution < -0.4 is 9.47 Å². The van der Waals surface area contributed by atoms with Crippen molar-refractivity contribution in [2.75, 3.05) is 26.5 Å². The lowest BCUT2D eigenvalue weighted by Crippen LogP contribution is -2.51. The van der Waals surface area contributed by atoms with Crippen LogP contribution in [0.2, 0.25) is 0 Å². The topological polar surface area (TPSA) is 60.9 Å². The van der Waals surface area contributed by atoms with Gasteiger partial charge in [0.05, 0.1) is 18.8 Å². The lowest BCUT2D eigenvalue weighted by atomic mass is 9.68. The molecule has 6 nitrogen and oxygen atoms in total. The first-order valence-corrected chi connectivity index (χ1v) is 10.9. The standard InChI is InChI=1S/C21H22N2O4S/c24-20(21-5-4-13(8-21)9-21)23-6-7-25-17(10-23)19-22-15(11-28-19)14-2-1-3-16-18(14)27-12-26-16/h1-3,11,13,17H,4-10,12H2. The van der Waals surface area contributed by atoms with Crippen LogP contribution in [0.4, 0.5) is 0 Å². The Morgan fingerprint density at radius 2 is 2.21 bits per heavy atom. The van der Waals surface area contributed by atoms with Gasteiger partial charge in [-0.3, -0.25) is 4.79 Å². The Morgan fingerprint density at radius 1 is 1.29 bits per heavy atom. The second-order valence-corrected chi connectivity index (χ2v) is 9.20. The molecule has 1 atom stereocenters. The Kier molecular flexibility index (Phi) is 3.71. The Balaban J connectivity index is 1.22. The van der Waals surface area contributed by atoms with Gasteiger partial charge in [0, 0.05) is 22.9 Å². The molecule has 3 saturated carbocycles. The van der Waals surface area contributed by atoms with Crippen molar-refractivity contribution >= 4 is 17.2 Å². The fourth-order valence-corrected chi connectivity index (χ4v) is 6.08. The minimum Gasteiger partial charge on any atom is -0.454 e. The van der Waals surface area contributed by atoms with E-state index in [2.05, 4.69) is 0 Å². The summed E-state index contributed by atoms with van der Waals surface area (Å²) >= 11 is 1.58. The first-order chi connectivity index (χ1) is 13.7. The van der Waals surface area contributed by atoms with Crippen LogP contribution in [-0.4, -0.2) is 42.3 Å². The number of aromatic nitrogens is 1. The summed E-state index contributed by atoms with van der Waals surface area (Å²) in [4.78, 5) is 20.0. The van der Waals surface area contributed by atoms with Crippen LogP contribution in [0.3, 0.4) is 0 Å². The molecule has 2 aromatic rings. The molecule has 4 fully saturated rings. The van der Waals surface area contributed by atoms with E-state index < -0.39 is 0 Å². The summed E-state index contributed by atoms with van der Waals surface area (Å²) in [7, 11) is 0. The predicted molar refractivity (Wildman–Crippen MR) is 103 cm³/mol. The largest absolute Gasteiger partial charge is 0.454 e. The van der Waals surface area contributed by atoms with Gasteiger partial charge >= 0.3 is 0 Å². The van der Waals surface area contributed by atoms with Crippen LogP contribution in [-0.2, 0) is 9.53 Å². The van der Waals surface area contributed by atoms with Crippen molar-refractivity contribution in [3.8, 4) is 22.8 Å². The smallest absolute Gasteiger partial charge is 0.231 e. The highest BCUT2D eigenvalue weighted by Crippen LogP contribution is 2.59. The first kappa shape index (κ1) is 16.8. The zero-order chi connectivity index (χ0) is 18.7. The number of morpholine rings is 1. The molecule has 2 aliphatic heterocycles. The minimum absolute atomic E-state index is 0.0530. The fraction of sp³-hybridized carbons (Fsp3) is 0.524. The number of hydrogen-bond acceptors (Lipinski definition) is 6. The van der Waals surface area contributed by atoms with Crippen LogP contribution in [0.5, 0.6) is 11.5 Å². The first-order valence-electron chi connectivity index (χ1n) is 9.97. The molecule has 5 aliphatic rings. The van der Waals surface area contributed by atoms with E-state index in [-0.39, 0.29) is 18.3 Å². The van der Waals surface area contributed by atoms with Gasteiger partial charge in [0.1, 0.15) is 11.1 Å². The normalized spacial score (nSPS) is 30.4. The molecule has 1 saturated heterocycles. The van der Waals surface area contributed by atoms with Gasteiger partial charge in [0.25, 0.3) is 0 Å². The van der Waals surface area contributed by atoms with Gasteiger partial charge < -0.3 is 19.1 Å². The Bertz CT molecular complexity index is 931. The third-order valence-corrected chi connectivity index (χ3v) is 7.60. The highest BCUT2D eigenvalue weighted by atomic mass is 32.1. The maximum absolute atomic E-state index is 13.1. The third-order valence-electron chi connectivity index (χ3n) is 6.67. The molecule has 1 aromatic carbocycles. The average Bonchev–Trinajstić information content (AvgIpc) is 3.50. The fourth-order valence-electron chi connectivity index (χ4n) is 5.23. The number of hydrogen-bond donors (Lipinski definition) is 0. The zero-order valence-electron chi connectivity index (χ0n) is 15.6. The number of carbonyl (C=O) groups excluding carboxylic acids is 1. The molecule has 1 unspecified atom stereocenters. The maximum atomic E-state index is 13.1. The van der Waals surface area contributed by atoms with Crippen LogP contribution in [0.25, 0.3) is 11.3 Å². The van der Waals surface area contributed by atoms with E-state index >= 15 is 0 Å². The Morgan fingerprint density at radius 3 is 3.07 bits per heavy atom. The minimum atomic E-state index is -0.154. The average molecular weight is 398 g/mol. The van der Waals surface area contributed by atoms with Crippen LogP contribution in [0, 0.1) is 11.3 Å². The molecule has 2 bridgehead atoms. The van der Waals surface area contributed by atoms with Gasteiger partial charge in [-0.1, -0.05) is 6.07 Å². The van der Waals surface area contributed by atoms with Crippen molar-refractivity contribution in [1.29, 1.82) is 0 Å². The molecule has 0 N–H and O–H groups in total. The van der Waals surface area contributed by atoms with Crippen molar-refractivity contribution in [2.45, 2.75) is 31.8 Å².